The fourth-order valence-corrected chi connectivity index (χ4v) is 5.38. The first-order valence-corrected chi connectivity index (χ1v) is 12.3. The molecular weight excluding hydrogens is 463 g/mol. The number of nitrogens with zero attached hydrogens (tertiary/aromatic N) is 2. The Kier molecular flexibility index (Phi) is 6.62. The number of fused-ring (bicyclic) bond motifs is 1. The molecule has 7 heteroatoms. The first-order valence-electron chi connectivity index (χ1n) is 12.3. The second-order valence-electron chi connectivity index (χ2n) is 9.91. The Morgan fingerprint density at radius 3 is 2.31 bits per heavy atom. The zero-order chi connectivity index (χ0) is 25.4. The number of carbonyl (C=O) groups excluding carboxylic acids is 1. The van der Waals surface area contributed by atoms with E-state index in [1.807, 2.05) is 19.1 Å². The Balaban J connectivity index is 1.34. The molecule has 1 saturated heterocycles. The average molecular weight is 494 g/mol. The Morgan fingerprint density at radius 2 is 1.61 bits per heavy atom. The number of halogens is 3. The third kappa shape index (κ3) is 5.04. The average Bonchev–Trinajstić information content (AvgIpc) is 3.27. The van der Waals surface area contributed by atoms with Gasteiger partial charge in [-0.15, -0.1) is 0 Å². The van der Waals surface area contributed by atoms with Crippen molar-refractivity contribution in [1.82, 2.24) is 9.80 Å². The zero-order valence-corrected chi connectivity index (χ0v) is 20.5. The van der Waals surface area contributed by atoms with E-state index in [-0.39, 0.29) is 5.91 Å². The van der Waals surface area contributed by atoms with Gasteiger partial charge < -0.3 is 10.2 Å². The largest absolute Gasteiger partial charge is 0.416 e. The fraction of sp³-hybridized carbons (Fsp3) is 0.345. The van der Waals surface area contributed by atoms with Crippen molar-refractivity contribution in [2.24, 2.45) is 0 Å². The molecule has 0 spiro atoms. The Hall–Kier alpha value is -3.16. The highest BCUT2D eigenvalue weighted by Crippen LogP contribution is 2.34. The molecule has 0 aromatic heterocycles. The van der Waals surface area contributed by atoms with Crippen molar-refractivity contribution < 1.29 is 18.0 Å². The zero-order valence-electron chi connectivity index (χ0n) is 20.5. The molecule has 1 unspecified atom stereocenters. The van der Waals surface area contributed by atoms with Crippen LogP contribution in [0.4, 0.5) is 18.9 Å². The molecule has 1 N–H and O–H groups in total. The van der Waals surface area contributed by atoms with Crippen molar-refractivity contribution >= 4 is 11.6 Å². The van der Waals surface area contributed by atoms with Gasteiger partial charge in [-0.1, -0.05) is 30.3 Å². The van der Waals surface area contributed by atoms with E-state index < -0.39 is 11.7 Å². The molecule has 3 aromatic carbocycles. The highest BCUT2D eigenvalue weighted by molar-refractivity contribution is 6.09. The van der Waals surface area contributed by atoms with E-state index in [1.54, 1.807) is 12.1 Å². The summed E-state index contributed by atoms with van der Waals surface area (Å²) >= 11 is 0. The summed E-state index contributed by atoms with van der Waals surface area (Å²) < 4.78 is 39.1. The smallest absolute Gasteiger partial charge is 0.322 e. The number of piperazine rings is 1. The number of nitrogens with one attached hydrogen (secondary N) is 1. The molecule has 1 aliphatic carbocycles. The van der Waals surface area contributed by atoms with Crippen LogP contribution >= 0.6 is 0 Å². The summed E-state index contributed by atoms with van der Waals surface area (Å²) in [7, 11) is 2.16. The van der Waals surface area contributed by atoms with Crippen LogP contribution in [0.1, 0.15) is 32.6 Å². The molecule has 5 rings (SSSR count). The number of anilines is 1. The number of benzene rings is 3. The molecule has 0 saturated carbocycles. The highest BCUT2D eigenvalue weighted by Gasteiger charge is 2.31. The Morgan fingerprint density at radius 1 is 0.917 bits per heavy atom. The molecule has 188 valence electrons. The van der Waals surface area contributed by atoms with Crippen LogP contribution in [0.2, 0.25) is 0 Å². The summed E-state index contributed by atoms with van der Waals surface area (Å²) in [6.07, 6.45) is -2.39. The van der Waals surface area contributed by atoms with Crippen molar-refractivity contribution in [2.45, 2.75) is 32.0 Å². The van der Waals surface area contributed by atoms with Crippen molar-refractivity contribution in [1.29, 1.82) is 0 Å². The second-order valence-corrected chi connectivity index (χ2v) is 9.91. The maximum absolute atomic E-state index is 13.3. The minimum absolute atomic E-state index is 0.276. The summed E-state index contributed by atoms with van der Waals surface area (Å²) in [5, 5.41) is 3.02. The summed E-state index contributed by atoms with van der Waals surface area (Å²) in [5.41, 5.74) is 5.10. The maximum Gasteiger partial charge on any atom is 0.416 e. The topological polar surface area (TPSA) is 35.6 Å². The van der Waals surface area contributed by atoms with Gasteiger partial charge in [-0.05, 0) is 85.0 Å². The van der Waals surface area contributed by atoms with Crippen LogP contribution in [0.3, 0.4) is 0 Å². The van der Waals surface area contributed by atoms with E-state index >= 15 is 0 Å². The van der Waals surface area contributed by atoms with Gasteiger partial charge in [0.2, 0.25) is 0 Å². The lowest BCUT2D eigenvalue weighted by Gasteiger charge is -2.36. The fourth-order valence-electron chi connectivity index (χ4n) is 5.38. The van der Waals surface area contributed by atoms with Gasteiger partial charge in [-0.3, -0.25) is 9.69 Å². The monoisotopic (exact) mass is 493 g/mol. The van der Waals surface area contributed by atoms with Gasteiger partial charge in [0, 0.05) is 43.5 Å². The van der Waals surface area contributed by atoms with E-state index in [1.165, 1.54) is 23.3 Å². The van der Waals surface area contributed by atoms with Crippen LogP contribution in [0.5, 0.6) is 0 Å². The van der Waals surface area contributed by atoms with E-state index in [4.69, 9.17) is 0 Å². The number of amides is 1. The predicted molar refractivity (Wildman–Crippen MR) is 136 cm³/mol. The summed E-state index contributed by atoms with van der Waals surface area (Å²) in [4.78, 5) is 18.3. The molecule has 2 aliphatic rings. The van der Waals surface area contributed by atoms with Gasteiger partial charge in [0.25, 0.3) is 5.91 Å². The standard InChI is InChI=1S/C29H30F3N3O/c1-19-4-3-5-26(27(19)20-6-9-23(10-7-20)29(30,31)32)28(36)33-24-11-8-21-17-25(18-22(21)16-24)35-14-12-34(2)13-15-35/h3-11,16,25H,12-15,17-18H2,1-2H3,(H,33,36). The SMILES string of the molecule is Cc1cccc(C(=O)Nc2ccc3c(c2)CC(N2CCN(C)CC2)C3)c1-c1ccc(C(F)(F)F)cc1. The summed E-state index contributed by atoms with van der Waals surface area (Å²) in [6.45, 7) is 6.20. The molecule has 1 atom stereocenters. The van der Waals surface area contributed by atoms with Crippen LogP contribution in [0.15, 0.2) is 60.7 Å². The number of rotatable bonds is 4. The molecular formula is C29H30F3N3O. The van der Waals surface area contributed by atoms with Crippen molar-refractivity contribution in [3.63, 3.8) is 0 Å². The van der Waals surface area contributed by atoms with Gasteiger partial charge in [0.15, 0.2) is 0 Å². The predicted octanol–water partition coefficient (Wildman–Crippen LogP) is 5.65. The molecule has 0 bridgehead atoms. The number of alkyl halides is 3. The van der Waals surface area contributed by atoms with Gasteiger partial charge in [-0.25, -0.2) is 0 Å². The highest BCUT2D eigenvalue weighted by atomic mass is 19.4. The quantitative estimate of drug-likeness (QED) is 0.510. The van der Waals surface area contributed by atoms with Crippen LogP contribution in [-0.4, -0.2) is 55.0 Å². The first-order chi connectivity index (χ1) is 17.2. The number of hydrogen-bond acceptors (Lipinski definition) is 3. The Labute approximate surface area is 209 Å². The Bertz CT molecular complexity index is 1260. The van der Waals surface area contributed by atoms with Crippen LogP contribution in [0, 0.1) is 6.92 Å². The molecule has 36 heavy (non-hydrogen) atoms. The van der Waals surface area contributed by atoms with Crippen molar-refractivity contribution in [2.75, 3.05) is 38.5 Å². The lowest BCUT2D eigenvalue weighted by Crippen LogP contribution is -2.49. The van der Waals surface area contributed by atoms with E-state index in [9.17, 15) is 18.0 Å². The second kappa shape index (κ2) is 9.71. The molecule has 1 aliphatic heterocycles. The first kappa shape index (κ1) is 24.5. The lowest BCUT2D eigenvalue weighted by molar-refractivity contribution is -0.137. The van der Waals surface area contributed by atoms with Crippen LogP contribution in [0.25, 0.3) is 11.1 Å². The molecule has 0 radical (unpaired) electrons. The maximum atomic E-state index is 13.3. The molecule has 3 aromatic rings. The van der Waals surface area contributed by atoms with Crippen molar-refractivity contribution in [3.05, 3.63) is 88.5 Å². The van der Waals surface area contributed by atoms with Gasteiger partial charge in [0.1, 0.15) is 0 Å². The molecule has 1 heterocycles. The summed E-state index contributed by atoms with van der Waals surface area (Å²) in [5.74, 6) is -0.276. The third-order valence-corrected chi connectivity index (χ3v) is 7.45. The molecule has 1 amide bonds. The van der Waals surface area contributed by atoms with E-state index in [0.29, 0.717) is 22.7 Å². The number of carbonyl (C=O) groups is 1. The number of hydrogen-bond donors (Lipinski definition) is 1. The lowest BCUT2D eigenvalue weighted by atomic mass is 9.93. The molecule has 4 nitrogen and oxygen atoms in total. The summed E-state index contributed by atoms with van der Waals surface area (Å²) in [6, 6.07) is 16.9. The number of aryl methyl sites for hydroxylation is 1. The van der Waals surface area contributed by atoms with Gasteiger partial charge in [-0.2, -0.15) is 13.2 Å². The third-order valence-electron chi connectivity index (χ3n) is 7.45. The minimum atomic E-state index is -4.40. The normalized spacial score (nSPS) is 18.8. The molecule has 1 fully saturated rings. The van der Waals surface area contributed by atoms with Gasteiger partial charge in [0.05, 0.1) is 5.56 Å². The van der Waals surface area contributed by atoms with E-state index in [2.05, 4.69) is 34.3 Å². The number of likely N-dealkylation sites (N-methyl/N-ethyl adjacent to an activating group) is 1. The van der Waals surface area contributed by atoms with Crippen LogP contribution < -0.4 is 5.32 Å². The van der Waals surface area contributed by atoms with Gasteiger partial charge >= 0.3 is 6.18 Å². The van der Waals surface area contributed by atoms with Crippen LogP contribution in [-0.2, 0) is 19.0 Å². The van der Waals surface area contributed by atoms with E-state index in [0.717, 1.165) is 62.4 Å². The minimum Gasteiger partial charge on any atom is -0.322 e. The van der Waals surface area contributed by atoms with Crippen molar-refractivity contribution in [3.8, 4) is 11.1 Å².